The summed E-state index contributed by atoms with van der Waals surface area (Å²) < 4.78 is 5.54. The van der Waals surface area contributed by atoms with Crippen LogP contribution >= 0.6 is 23.4 Å². The number of halogens is 1. The van der Waals surface area contributed by atoms with Gasteiger partial charge in [0.1, 0.15) is 5.75 Å². The first-order chi connectivity index (χ1) is 14.0. The molecule has 2 aromatic rings. The van der Waals surface area contributed by atoms with Crippen molar-refractivity contribution >= 4 is 46.5 Å². The van der Waals surface area contributed by atoms with Crippen molar-refractivity contribution in [3.8, 4) is 5.75 Å². The lowest BCUT2D eigenvalue weighted by Gasteiger charge is -2.28. The molecule has 1 fully saturated rings. The van der Waals surface area contributed by atoms with Crippen molar-refractivity contribution in [2.45, 2.75) is 0 Å². The van der Waals surface area contributed by atoms with E-state index in [2.05, 4.69) is 0 Å². The van der Waals surface area contributed by atoms with Crippen molar-refractivity contribution in [3.63, 3.8) is 0 Å². The first-order valence-electron chi connectivity index (χ1n) is 8.70. The smallest absolute Gasteiger partial charge is 0.317 e. The van der Waals surface area contributed by atoms with Crippen LogP contribution in [0, 0.1) is 0 Å². The number of fused-ring (bicyclic) bond motifs is 1. The Morgan fingerprint density at radius 2 is 1.90 bits per heavy atom. The molecule has 2 heterocycles. The van der Waals surface area contributed by atoms with E-state index >= 15 is 0 Å². The fraction of sp³-hybridized carbons (Fsp3) is 0.150. The van der Waals surface area contributed by atoms with E-state index in [1.807, 2.05) is 30.3 Å². The monoisotopic (exact) mass is 430 g/mol. The van der Waals surface area contributed by atoms with Gasteiger partial charge >= 0.3 is 5.24 Å². The Hall–Kier alpha value is -2.81. The summed E-state index contributed by atoms with van der Waals surface area (Å²) in [6, 6.07) is 14.0. The topological polar surface area (TPSA) is 76.2 Å². The lowest BCUT2D eigenvalue weighted by molar-refractivity contribution is -0.160. The van der Waals surface area contributed by atoms with E-state index in [0.717, 1.165) is 22.4 Å². The Bertz CT molecular complexity index is 1010. The van der Waals surface area contributed by atoms with Crippen molar-refractivity contribution < 1.29 is 24.0 Å². The third-order valence-electron chi connectivity index (χ3n) is 4.27. The van der Waals surface area contributed by atoms with E-state index in [-0.39, 0.29) is 30.7 Å². The molecular formula is C20H15ClN2O5S. The molecule has 29 heavy (non-hydrogen) atoms. The molecular weight excluding hydrogens is 416 g/mol. The molecule has 4 rings (SSSR count). The van der Waals surface area contributed by atoms with Crippen LogP contribution < -0.4 is 4.74 Å². The first kappa shape index (κ1) is 19.5. The van der Waals surface area contributed by atoms with Crippen LogP contribution in [-0.4, -0.2) is 46.9 Å². The molecule has 0 spiro atoms. The number of hydroxylamine groups is 2. The second-order valence-corrected chi connectivity index (χ2v) is 7.63. The number of thioether (sulfide) groups is 1. The average molecular weight is 431 g/mol. The van der Waals surface area contributed by atoms with Crippen LogP contribution in [0.15, 0.2) is 53.4 Å². The van der Waals surface area contributed by atoms with E-state index in [9.17, 15) is 14.4 Å². The molecule has 0 aliphatic carbocycles. The highest BCUT2D eigenvalue weighted by molar-refractivity contribution is 8.18. The number of carbonyl (C=O) groups excluding carboxylic acids is 3. The number of hydrogen-bond acceptors (Lipinski definition) is 6. The summed E-state index contributed by atoms with van der Waals surface area (Å²) in [6.45, 7) is 0.151. The summed E-state index contributed by atoms with van der Waals surface area (Å²) in [7, 11) is 0. The lowest BCUT2D eigenvalue weighted by atomic mass is 10.1. The van der Waals surface area contributed by atoms with Crippen molar-refractivity contribution in [3.05, 3.63) is 69.6 Å². The van der Waals surface area contributed by atoms with Gasteiger partial charge in [-0.2, -0.15) is 0 Å². The summed E-state index contributed by atoms with van der Waals surface area (Å²) in [6.07, 6.45) is 1.64. The predicted molar refractivity (Wildman–Crippen MR) is 108 cm³/mol. The molecule has 9 heteroatoms. The lowest BCUT2D eigenvalue weighted by Crippen LogP contribution is -2.42. The van der Waals surface area contributed by atoms with Gasteiger partial charge in [0.05, 0.1) is 23.6 Å². The first-order valence-corrected chi connectivity index (χ1v) is 9.90. The van der Waals surface area contributed by atoms with Crippen LogP contribution in [0.1, 0.15) is 15.9 Å². The largest absolute Gasteiger partial charge is 0.472 e. The molecule has 2 aliphatic rings. The van der Waals surface area contributed by atoms with Gasteiger partial charge in [-0.1, -0.05) is 41.9 Å². The number of carbonyl (C=O) groups is 3. The zero-order valence-electron chi connectivity index (χ0n) is 15.0. The van der Waals surface area contributed by atoms with Crippen molar-refractivity contribution in [2.75, 3.05) is 19.9 Å². The number of ether oxygens (including phenoxy) is 1. The molecule has 2 aliphatic heterocycles. The predicted octanol–water partition coefficient (Wildman–Crippen LogP) is 3.80. The quantitative estimate of drug-likeness (QED) is 0.671. The fourth-order valence-electron chi connectivity index (χ4n) is 2.85. The maximum Gasteiger partial charge on any atom is 0.317 e. The van der Waals surface area contributed by atoms with Gasteiger partial charge in [-0.15, -0.1) is 5.06 Å². The number of benzene rings is 2. The molecule has 148 valence electrons. The van der Waals surface area contributed by atoms with Gasteiger partial charge in [-0.25, -0.2) is 0 Å². The van der Waals surface area contributed by atoms with Gasteiger partial charge in [-0.05, 0) is 41.6 Å². The Morgan fingerprint density at radius 1 is 1.10 bits per heavy atom. The molecule has 2 aromatic carbocycles. The molecule has 1 saturated heterocycles. The van der Waals surface area contributed by atoms with Gasteiger partial charge in [0, 0.05) is 5.02 Å². The number of hydrogen-bond donors (Lipinski definition) is 0. The number of amides is 3. The second-order valence-electron chi connectivity index (χ2n) is 6.20. The minimum atomic E-state index is -0.526. The van der Waals surface area contributed by atoms with Crippen LogP contribution in [0.5, 0.6) is 5.75 Å². The standard InChI is InChI=1S/C20H15ClN2O5S/c21-14-6-7-16-15(11-14)18(24)22(12-27-16)8-9-28-23-19(25)17(29-20(23)26)10-13-4-2-1-3-5-13/h1-7,10-11H,8-9,12H2. The Morgan fingerprint density at radius 3 is 2.69 bits per heavy atom. The van der Waals surface area contributed by atoms with Gasteiger partial charge in [0.25, 0.3) is 11.8 Å². The SMILES string of the molecule is O=C1c2cc(Cl)ccc2OCN1CCON1C(=O)SC(=Cc2ccccc2)C1=O. The third kappa shape index (κ3) is 4.14. The average Bonchev–Trinajstić information content (AvgIpc) is 2.98. The summed E-state index contributed by atoms with van der Waals surface area (Å²) in [4.78, 5) is 44.2. The molecule has 7 nitrogen and oxygen atoms in total. The minimum absolute atomic E-state index is 0.0400. The normalized spacial score (nSPS) is 17.7. The number of imide groups is 1. The Balaban J connectivity index is 1.36. The van der Waals surface area contributed by atoms with Gasteiger partial charge in [0.15, 0.2) is 6.73 Å². The van der Waals surface area contributed by atoms with E-state index in [1.165, 1.54) is 11.0 Å². The molecule has 0 N–H and O–H groups in total. The third-order valence-corrected chi connectivity index (χ3v) is 5.36. The van der Waals surface area contributed by atoms with Crippen molar-refractivity contribution in [2.24, 2.45) is 0 Å². The summed E-state index contributed by atoms with van der Waals surface area (Å²) in [5, 5.41) is 0.636. The summed E-state index contributed by atoms with van der Waals surface area (Å²) >= 11 is 6.75. The van der Waals surface area contributed by atoms with Crippen molar-refractivity contribution in [1.82, 2.24) is 9.96 Å². The summed E-state index contributed by atoms with van der Waals surface area (Å²) in [5.41, 5.74) is 1.17. The van der Waals surface area contributed by atoms with E-state index in [4.69, 9.17) is 21.2 Å². The second kappa shape index (κ2) is 8.28. The zero-order valence-corrected chi connectivity index (χ0v) is 16.6. The van der Waals surface area contributed by atoms with Crippen molar-refractivity contribution in [1.29, 1.82) is 0 Å². The Kier molecular flexibility index (Phi) is 5.57. The van der Waals surface area contributed by atoms with E-state index < -0.39 is 11.1 Å². The van der Waals surface area contributed by atoms with Crippen LogP contribution in [0.3, 0.4) is 0 Å². The molecule has 0 unspecified atom stereocenters. The van der Waals surface area contributed by atoms with Gasteiger partial charge < -0.3 is 9.64 Å². The maximum atomic E-state index is 12.6. The number of rotatable bonds is 5. The van der Waals surface area contributed by atoms with Gasteiger partial charge in [0.2, 0.25) is 0 Å². The molecule has 0 saturated carbocycles. The minimum Gasteiger partial charge on any atom is -0.472 e. The maximum absolute atomic E-state index is 12.6. The highest BCUT2D eigenvalue weighted by Gasteiger charge is 2.37. The molecule has 0 aromatic heterocycles. The Labute approximate surface area is 175 Å². The fourth-order valence-corrected chi connectivity index (χ4v) is 3.79. The van der Waals surface area contributed by atoms with Crippen LogP contribution in [-0.2, 0) is 9.63 Å². The molecule has 0 bridgehead atoms. The summed E-state index contributed by atoms with van der Waals surface area (Å²) in [5.74, 6) is -0.314. The molecule has 0 radical (unpaired) electrons. The number of nitrogens with zero attached hydrogens (tertiary/aromatic N) is 2. The van der Waals surface area contributed by atoms with Crippen LogP contribution in [0.4, 0.5) is 4.79 Å². The zero-order chi connectivity index (χ0) is 20.4. The highest BCUT2D eigenvalue weighted by Crippen LogP contribution is 2.32. The van der Waals surface area contributed by atoms with E-state index in [1.54, 1.807) is 18.2 Å². The highest BCUT2D eigenvalue weighted by atomic mass is 35.5. The van der Waals surface area contributed by atoms with Gasteiger partial charge in [-0.3, -0.25) is 19.2 Å². The van der Waals surface area contributed by atoms with Crippen LogP contribution in [0.25, 0.3) is 6.08 Å². The van der Waals surface area contributed by atoms with Crippen LogP contribution in [0.2, 0.25) is 5.02 Å². The molecule has 0 atom stereocenters. The molecule has 3 amide bonds. The van der Waals surface area contributed by atoms with E-state index in [0.29, 0.717) is 16.3 Å².